The molecule has 0 saturated carbocycles. The molecule has 0 spiro atoms. The number of halogens is 2. The molecule has 1 aromatic heterocycles. The number of hydrogen-bond acceptors (Lipinski definition) is 5. The van der Waals surface area contributed by atoms with Crippen LogP contribution in [0.2, 0.25) is 0 Å². The summed E-state index contributed by atoms with van der Waals surface area (Å²) in [6.45, 7) is 5.54. The molecule has 0 aliphatic carbocycles. The Hall–Kier alpha value is -3.34. The molecule has 0 bridgehead atoms. The quantitative estimate of drug-likeness (QED) is 0.445. The predicted molar refractivity (Wildman–Crippen MR) is 140 cm³/mol. The van der Waals surface area contributed by atoms with Gasteiger partial charge in [-0.3, -0.25) is 14.4 Å². The van der Waals surface area contributed by atoms with Crippen molar-refractivity contribution in [3.8, 4) is 11.3 Å². The molecule has 3 heterocycles. The lowest BCUT2D eigenvalue weighted by molar-refractivity contribution is -0.138. The number of nitrogens with one attached hydrogen (secondary N) is 3. The number of aromatic amines is 1. The molecule has 3 N–H and O–H groups in total. The fraction of sp³-hybridized carbons (Fsp3) is 0.571. The average molecular weight is 546 g/mol. The number of likely N-dealkylation sites (tertiary alicyclic amines) is 1. The highest BCUT2D eigenvalue weighted by Gasteiger charge is 2.31. The van der Waals surface area contributed by atoms with E-state index < -0.39 is 29.6 Å². The summed E-state index contributed by atoms with van der Waals surface area (Å²) in [6, 6.07) is 1.65. The van der Waals surface area contributed by atoms with Gasteiger partial charge < -0.3 is 25.3 Å². The molecule has 2 unspecified atom stereocenters. The maximum atomic E-state index is 14.2. The standard InChI is InChI=1S/C28H37F2N5O4/c1-17-5-3-4-10-35(17)26(37)15-23(33-25(36)13-19-8-11-39-12-9-19)28(38)32-18(2)27-31-16-24(34-27)21-7-6-20(29)14-22(21)30/h6-7,14,16-19,23H,3-5,8-13,15H2,1-2H3,(H,31,34)(H,32,38)(H,33,36)/t17-,18?,23?/m0/s1. The third kappa shape index (κ3) is 7.62. The summed E-state index contributed by atoms with van der Waals surface area (Å²) < 4.78 is 32.9. The van der Waals surface area contributed by atoms with Crippen LogP contribution in [-0.2, 0) is 19.1 Å². The summed E-state index contributed by atoms with van der Waals surface area (Å²) in [4.78, 5) is 48.4. The van der Waals surface area contributed by atoms with E-state index in [-0.39, 0.29) is 42.2 Å². The molecule has 3 atom stereocenters. The second-order valence-electron chi connectivity index (χ2n) is 10.6. The number of imidazole rings is 1. The Balaban J connectivity index is 1.44. The number of nitrogens with zero attached hydrogens (tertiary/aromatic N) is 2. The van der Waals surface area contributed by atoms with E-state index >= 15 is 0 Å². The van der Waals surface area contributed by atoms with Gasteiger partial charge in [-0.25, -0.2) is 13.8 Å². The smallest absolute Gasteiger partial charge is 0.243 e. The van der Waals surface area contributed by atoms with Gasteiger partial charge in [-0.15, -0.1) is 0 Å². The summed E-state index contributed by atoms with van der Waals surface area (Å²) in [6.07, 6.45) is 5.96. The number of amides is 3. The van der Waals surface area contributed by atoms with Gasteiger partial charge in [0.15, 0.2) is 0 Å². The zero-order valence-electron chi connectivity index (χ0n) is 22.5. The molecule has 9 nitrogen and oxygen atoms in total. The van der Waals surface area contributed by atoms with Gasteiger partial charge in [-0.2, -0.15) is 0 Å². The van der Waals surface area contributed by atoms with Crippen molar-refractivity contribution in [2.75, 3.05) is 19.8 Å². The van der Waals surface area contributed by atoms with Crippen LogP contribution in [0, 0.1) is 17.6 Å². The van der Waals surface area contributed by atoms with Crippen molar-refractivity contribution in [1.29, 1.82) is 0 Å². The third-order valence-corrected chi connectivity index (χ3v) is 7.55. The predicted octanol–water partition coefficient (Wildman–Crippen LogP) is 3.62. The number of benzene rings is 1. The molecule has 2 saturated heterocycles. The van der Waals surface area contributed by atoms with E-state index in [1.807, 2.05) is 6.92 Å². The molecule has 212 valence electrons. The highest BCUT2D eigenvalue weighted by Crippen LogP contribution is 2.24. The van der Waals surface area contributed by atoms with Gasteiger partial charge in [0.2, 0.25) is 17.7 Å². The van der Waals surface area contributed by atoms with Crippen molar-refractivity contribution in [3.05, 3.63) is 41.9 Å². The summed E-state index contributed by atoms with van der Waals surface area (Å²) in [5, 5.41) is 5.62. The maximum Gasteiger partial charge on any atom is 0.243 e. The topological polar surface area (TPSA) is 116 Å². The van der Waals surface area contributed by atoms with Crippen molar-refractivity contribution < 1.29 is 27.9 Å². The van der Waals surface area contributed by atoms with Crippen molar-refractivity contribution in [3.63, 3.8) is 0 Å². The molecule has 2 aromatic rings. The number of carbonyl (C=O) groups excluding carboxylic acids is 3. The Bertz CT molecular complexity index is 1170. The molecule has 39 heavy (non-hydrogen) atoms. The molecule has 2 aliphatic heterocycles. The number of piperidine rings is 1. The summed E-state index contributed by atoms with van der Waals surface area (Å²) in [7, 11) is 0. The SMILES string of the molecule is CC(NC(=O)C(CC(=O)N1CCCC[C@@H]1C)NC(=O)CC1CCOCC1)c1ncc(-c2ccc(F)cc2F)[nH]1. The van der Waals surface area contributed by atoms with Crippen LogP contribution < -0.4 is 10.6 Å². The van der Waals surface area contributed by atoms with Crippen LogP contribution in [0.5, 0.6) is 0 Å². The monoisotopic (exact) mass is 545 g/mol. The summed E-state index contributed by atoms with van der Waals surface area (Å²) in [5.41, 5.74) is 0.479. The van der Waals surface area contributed by atoms with Crippen molar-refractivity contribution in [2.24, 2.45) is 5.92 Å². The first-order chi connectivity index (χ1) is 18.7. The van der Waals surface area contributed by atoms with Crippen molar-refractivity contribution in [2.45, 2.75) is 76.9 Å². The van der Waals surface area contributed by atoms with E-state index in [1.165, 1.54) is 12.3 Å². The van der Waals surface area contributed by atoms with E-state index in [2.05, 4.69) is 20.6 Å². The summed E-state index contributed by atoms with van der Waals surface area (Å²) >= 11 is 0. The molecule has 11 heteroatoms. The Labute approximate surface area is 227 Å². The van der Waals surface area contributed by atoms with Crippen LogP contribution in [0.15, 0.2) is 24.4 Å². The van der Waals surface area contributed by atoms with E-state index in [9.17, 15) is 23.2 Å². The molecule has 0 radical (unpaired) electrons. The second kappa shape index (κ2) is 13.1. The minimum atomic E-state index is -1.05. The minimum Gasteiger partial charge on any atom is -0.381 e. The fourth-order valence-electron chi connectivity index (χ4n) is 5.22. The zero-order valence-corrected chi connectivity index (χ0v) is 22.5. The second-order valence-corrected chi connectivity index (χ2v) is 10.6. The van der Waals surface area contributed by atoms with Gasteiger partial charge >= 0.3 is 0 Å². The fourth-order valence-corrected chi connectivity index (χ4v) is 5.22. The van der Waals surface area contributed by atoms with Crippen molar-refractivity contribution in [1.82, 2.24) is 25.5 Å². The van der Waals surface area contributed by atoms with E-state index in [0.29, 0.717) is 31.3 Å². The minimum absolute atomic E-state index is 0.0835. The maximum absolute atomic E-state index is 14.2. The van der Waals surface area contributed by atoms with Crippen LogP contribution in [-0.4, -0.2) is 64.4 Å². The van der Waals surface area contributed by atoms with Crippen LogP contribution >= 0.6 is 0 Å². The van der Waals surface area contributed by atoms with Crippen LogP contribution in [0.25, 0.3) is 11.3 Å². The van der Waals surface area contributed by atoms with Gasteiger partial charge in [-0.1, -0.05) is 0 Å². The lowest BCUT2D eigenvalue weighted by atomic mass is 9.96. The van der Waals surface area contributed by atoms with Crippen LogP contribution in [0.3, 0.4) is 0 Å². The van der Waals surface area contributed by atoms with E-state index in [0.717, 1.165) is 44.2 Å². The largest absolute Gasteiger partial charge is 0.381 e. The van der Waals surface area contributed by atoms with E-state index in [4.69, 9.17) is 4.74 Å². The number of aromatic nitrogens is 2. The molecule has 2 aliphatic rings. The van der Waals surface area contributed by atoms with Crippen LogP contribution in [0.1, 0.15) is 70.7 Å². The number of rotatable bonds is 9. The Morgan fingerprint density at radius 2 is 1.92 bits per heavy atom. The number of hydrogen-bond donors (Lipinski definition) is 3. The van der Waals surface area contributed by atoms with Crippen molar-refractivity contribution >= 4 is 17.7 Å². The first-order valence-corrected chi connectivity index (χ1v) is 13.7. The van der Waals surface area contributed by atoms with Gasteiger partial charge in [-0.05, 0) is 64.0 Å². The number of carbonyl (C=O) groups is 3. The summed E-state index contributed by atoms with van der Waals surface area (Å²) in [5.74, 6) is -1.85. The highest BCUT2D eigenvalue weighted by atomic mass is 19.1. The van der Waals surface area contributed by atoms with Crippen LogP contribution in [0.4, 0.5) is 8.78 Å². The van der Waals surface area contributed by atoms with Gasteiger partial charge in [0.25, 0.3) is 0 Å². The average Bonchev–Trinajstić information content (AvgIpc) is 3.39. The Morgan fingerprint density at radius 1 is 1.15 bits per heavy atom. The molecule has 4 rings (SSSR count). The van der Waals surface area contributed by atoms with Gasteiger partial charge in [0.05, 0.1) is 24.4 Å². The van der Waals surface area contributed by atoms with Gasteiger partial charge in [0.1, 0.15) is 23.5 Å². The lowest BCUT2D eigenvalue weighted by Crippen LogP contribution is -2.51. The number of H-pyrrole nitrogens is 1. The zero-order chi connectivity index (χ0) is 27.9. The first kappa shape index (κ1) is 28.7. The molecule has 1 aromatic carbocycles. The third-order valence-electron chi connectivity index (χ3n) is 7.55. The Morgan fingerprint density at radius 3 is 2.64 bits per heavy atom. The molecular weight excluding hydrogens is 508 g/mol. The molecular formula is C28H37F2N5O4. The molecule has 2 fully saturated rings. The highest BCUT2D eigenvalue weighted by molar-refractivity contribution is 5.92. The van der Waals surface area contributed by atoms with E-state index in [1.54, 1.807) is 11.8 Å². The first-order valence-electron chi connectivity index (χ1n) is 13.7. The normalized spacial score (nSPS) is 19.8. The molecule has 3 amide bonds. The lowest BCUT2D eigenvalue weighted by Gasteiger charge is -2.34. The van der Waals surface area contributed by atoms with Gasteiger partial charge in [0, 0.05) is 43.9 Å². The Kier molecular flexibility index (Phi) is 9.66. The number of ether oxygens (including phenoxy) is 1.